The van der Waals surface area contributed by atoms with E-state index in [2.05, 4.69) is 10.6 Å². The summed E-state index contributed by atoms with van der Waals surface area (Å²) in [5.41, 5.74) is 1.16. The van der Waals surface area contributed by atoms with E-state index in [4.69, 9.17) is 9.47 Å². The maximum atomic E-state index is 13.3. The van der Waals surface area contributed by atoms with E-state index in [1.807, 2.05) is 0 Å². The lowest BCUT2D eigenvalue weighted by atomic mass is 9.98. The van der Waals surface area contributed by atoms with Gasteiger partial charge in [0.2, 0.25) is 5.91 Å². The summed E-state index contributed by atoms with van der Waals surface area (Å²) in [5, 5.41) is 16.7. The number of carboxylic acids is 1. The predicted molar refractivity (Wildman–Crippen MR) is 185 cm³/mol. The summed E-state index contributed by atoms with van der Waals surface area (Å²) in [7, 11) is 0. The van der Waals surface area contributed by atoms with Gasteiger partial charge in [-0.25, -0.2) is 14.4 Å². The van der Waals surface area contributed by atoms with Crippen molar-refractivity contribution in [2.75, 3.05) is 29.5 Å². The van der Waals surface area contributed by atoms with Crippen molar-refractivity contribution >= 4 is 74.4 Å². The van der Waals surface area contributed by atoms with Crippen LogP contribution in [0.25, 0.3) is 10.8 Å². The summed E-state index contributed by atoms with van der Waals surface area (Å²) in [6.45, 7) is 7.89. The first-order valence-corrected chi connectivity index (χ1v) is 17.0. The van der Waals surface area contributed by atoms with Crippen molar-refractivity contribution in [2.45, 2.75) is 51.2 Å². The van der Waals surface area contributed by atoms with Crippen molar-refractivity contribution in [3.8, 4) is 0 Å². The quantitative estimate of drug-likeness (QED) is 0.124. The Bertz CT molecular complexity index is 1910. The number of carboxylic acid groups (broad SMARTS) is 1. The van der Waals surface area contributed by atoms with Gasteiger partial charge in [-0.1, -0.05) is 30.3 Å². The van der Waals surface area contributed by atoms with Crippen molar-refractivity contribution in [1.82, 2.24) is 4.90 Å². The lowest BCUT2D eigenvalue weighted by molar-refractivity contribution is -0.113. The van der Waals surface area contributed by atoms with Crippen LogP contribution in [0.15, 0.2) is 65.6 Å². The molecule has 250 valence electrons. The lowest BCUT2D eigenvalue weighted by Crippen LogP contribution is -2.39. The van der Waals surface area contributed by atoms with E-state index >= 15 is 0 Å². The number of carbonyl (C=O) groups is 5. The number of benzene rings is 3. The molecule has 0 bridgehead atoms. The Labute approximate surface area is 285 Å². The fraction of sp³-hybridized carbons (Fsp3) is 0.286. The molecule has 1 aromatic heterocycles. The Hall–Kier alpha value is -4.88. The number of hydrogen-bond donors (Lipinski definition) is 3. The molecule has 0 saturated heterocycles. The molecule has 1 aliphatic rings. The molecule has 3 aromatic carbocycles. The van der Waals surface area contributed by atoms with Crippen LogP contribution in [0.4, 0.5) is 15.5 Å². The van der Waals surface area contributed by atoms with Gasteiger partial charge >= 0.3 is 18.0 Å². The van der Waals surface area contributed by atoms with Crippen LogP contribution in [0.3, 0.4) is 0 Å². The van der Waals surface area contributed by atoms with Gasteiger partial charge in [0.15, 0.2) is 0 Å². The van der Waals surface area contributed by atoms with Crippen LogP contribution >= 0.6 is 23.1 Å². The van der Waals surface area contributed by atoms with E-state index in [0.29, 0.717) is 44.9 Å². The molecule has 3 amide bonds. The Morgan fingerprint density at radius 3 is 2.38 bits per heavy atom. The number of amides is 3. The number of carbonyl (C=O) groups excluding carboxylic acids is 4. The topological polar surface area (TPSA) is 151 Å². The van der Waals surface area contributed by atoms with Crippen molar-refractivity contribution in [1.29, 1.82) is 0 Å². The zero-order valence-electron chi connectivity index (χ0n) is 26.9. The van der Waals surface area contributed by atoms with Crippen LogP contribution in [0.2, 0.25) is 0 Å². The molecule has 13 heteroatoms. The summed E-state index contributed by atoms with van der Waals surface area (Å²) in [6.07, 6.45) is -0.0274. The van der Waals surface area contributed by atoms with Crippen molar-refractivity contribution < 1.29 is 38.6 Å². The molecule has 2 heterocycles. The summed E-state index contributed by atoms with van der Waals surface area (Å²) < 4.78 is 10.8. The molecule has 3 N–H and O–H groups in total. The van der Waals surface area contributed by atoms with Gasteiger partial charge in [0.25, 0.3) is 5.91 Å². The molecule has 0 radical (unpaired) electrons. The summed E-state index contributed by atoms with van der Waals surface area (Å²) in [6, 6.07) is 16.8. The van der Waals surface area contributed by atoms with Gasteiger partial charge in [0.05, 0.1) is 30.0 Å². The van der Waals surface area contributed by atoms with Crippen LogP contribution in [0.5, 0.6) is 0 Å². The van der Waals surface area contributed by atoms with E-state index in [1.165, 1.54) is 29.2 Å². The van der Waals surface area contributed by atoms with Gasteiger partial charge in [-0.2, -0.15) is 0 Å². The van der Waals surface area contributed by atoms with E-state index in [9.17, 15) is 29.1 Å². The minimum absolute atomic E-state index is 0.0115. The van der Waals surface area contributed by atoms with Gasteiger partial charge in [-0.05, 0) is 75.4 Å². The van der Waals surface area contributed by atoms with E-state index in [1.54, 1.807) is 87.2 Å². The minimum atomic E-state index is -1.13. The lowest BCUT2D eigenvalue weighted by Gasteiger charge is -2.30. The fourth-order valence-corrected chi connectivity index (χ4v) is 7.30. The maximum absolute atomic E-state index is 13.3. The highest BCUT2D eigenvalue weighted by atomic mass is 32.2. The first kappa shape index (κ1) is 34.5. The highest BCUT2D eigenvalue weighted by molar-refractivity contribution is 8.00. The second-order valence-corrected chi connectivity index (χ2v) is 14.1. The second-order valence-electron chi connectivity index (χ2n) is 11.9. The second kappa shape index (κ2) is 14.5. The zero-order valence-corrected chi connectivity index (χ0v) is 28.5. The predicted octanol–water partition coefficient (Wildman–Crippen LogP) is 7.05. The number of aromatic carboxylic acids is 1. The standard InChI is InChI=1S/C35H35N3O8S2/c1-5-45-33(43)29-23-15-16-38(34(44)46-35(2,3)4)18-26(23)48-31(29)37-27(39)19-47-22-12-8-11-21(17-22)36-30(40)24-13-6-9-20-10-7-14-25(28(20)24)32(41)42/h6-14,17H,5,15-16,18-19H2,1-4H3,(H,36,40)(H,37,39)(H,41,42). The third-order valence-electron chi connectivity index (χ3n) is 7.28. The molecule has 1 aliphatic heterocycles. The molecule has 0 fully saturated rings. The van der Waals surface area contributed by atoms with Crippen LogP contribution in [-0.4, -0.2) is 64.4 Å². The Balaban J connectivity index is 1.27. The summed E-state index contributed by atoms with van der Waals surface area (Å²) in [4.78, 5) is 67.0. The first-order chi connectivity index (χ1) is 22.8. The number of ether oxygens (including phenoxy) is 2. The molecule has 11 nitrogen and oxygen atoms in total. The average Bonchev–Trinajstić information content (AvgIpc) is 3.39. The van der Waals surface area contributed by atoms with Gasteiger partial charge in [0.1, 0.15) is 10.6 Å². The normalized spacial score (nSPS) is 12.6. The molecule has 0 saturated carbocycles. The highest BCUT2D eigenvalue weighted by Gasteiger charge is 2.32. The molecule has 4 aromatic rings. The summed E-state index contributed by atoms with van der Waals surface area (Å²) >= 11 is 2.48. The highest BCUT2D eigenvalue weighted by Crippen LogP contribution is 2.38. The van der Waals surface area contributed by atoms with Crippen molar-refractivity contribution in [3.63, 3.8) is 0 Å². The van der Waals surface area contributed by atoms with E-state index < -0.39 is 29.5 Å². The van der Waals surface area contributed by atoms with Gasteiger partial charge < -0.3 is 30.1 Å². The number of thioether (sulfide) groups is 1. The maximum Gasteiger partial charge on any atom is 0.410 e. The minimum Gasteiger partial charge on any atom is -0.478 e. The molecule has 48 heavy (non-hydrogen) atoms. The molecule has 0 spiro atoms. The van der Waals surface area contributed by atoms with Crippen LogP contribution < -0.4 is 10.6 Å². The molecule has 5 rings (SSSR count). The number of rotatable bonds is 9. The number of thiophene rings is 1. The Morgan fingerprint density at radius 1 is 0.979 bits per heavy atom. The third-order valence-corrected chi connectivity index (χ3v) is 9.41. The number of fused-ring (bicyclic) bond motifs is 2. The third kappa shape index (κ3) is 7.97. The number of hydrogen-bond acceptors (Lipinski definition) is 9. The molecule has 0 atom stereocenters. The Kier molecular flexibility index (Phi) is 10.4. The van der Waals surface area contributed by atoms with Crippen LogP contribution in [0, 0.1) is 0 Å². The van der Waals surface area contributed by atoms with E-state index in [0.717, 1.165) is 10.4 Å². The van der Waals surface area contributed by atoms with Gasteiger partial charge in [-0.15, -0.1) is 23.1 Å². The Morgan fingerprint density at radius 2 is 1.69 bits per heavy atom. The molecule has 0 unspecified atom stereocenters. The van der Waals surface area contributed by atoms with E-state index in [-0.39, 0.29) is 35.9 Å². The van der Waals surface area contributed by atoms with Gasteiger partial charge in [0, 0.05) is 33.0 Å². The summed E-state index contributed by atoms with van der Waals surface area (Å²) in [5.74, 6) is -2.46. The monoisotopic (exact) mass is 689 g/mol. The van der Waals surface area contributed by atoms with Gasteiger partial charge in [-0.3, -0.25) is 9.59 Å². The molecule has 0 aliphatic carbocycles. The fourth-order valence-electron chi connectivity index (χ4n) is 5.28. The van der Waals surface area contributed by atoms with Crippen LogP contribution in [-0.2, 0) is 27.2 Å². The van der Waals surface area contributed by atoms with Crippen molar-refractivity contribution in [3.05, 3.63) is 87.8 Å². The average molecular weight is 690 g/mol. The molecular formula is C35H35N3O8S2. The van der Waals surface area contributed by atoms with Crippen LogP contribution in [0.1, 0.15) is 69.2 Å². The number of nitrogens with one attached hydrogen (secondary N) is 2. The first-order valence-electron chi connectivity index (χ1n) is 15.2. The SMILES string of the molecule is CCOC(=O)c1c(NC(=O)CSc2cccc(NC(=O)c3cccc4cccc(C(=O)O)c34)c2)sc2c1CCN(C(=O)OC(C)(C)C)C2. The number of esters is 1. The smallest absolute Gasteiger partial charge is 0.410 e. The van der Waals surface area contributed by atoms with Crippen molar-refractivity contribution in [2.24, 2.45) is 0 Å². The zero-order chi connectivity index (χ0) is 34.6. The number of nitrogens with zero attached hydrogens (tertiary/aromatic N) is 1. The molecular weight excluding hydrogens is 655 g/mol. The largest absolute Gasteiger partial charge is 0.478 e. The number of anilines is 2.